The Labute approximate surface area is 115 Å². The first-order chi connectivity index (χ1) is 9.70. The molecule has 1 aliphatic rings. The summed E-state index contributed by atoms with van der Waals surface area (Å²) >= 11 is 0. The zero-order valence-electron chi connectivity index (χ0n) is 10.7. The summed E-state index contributed by atoms with van der Waals surface area (Å²) in [6, 6.07) is 7.99. The van der Waals surface area contributed by atoms with Crippen LogP contribution in [0.1, 0.15) is 30.2 Å². The minimum Gasteiger partial charge on any atom is -0.382 e. The van der Waals surface area contributed by atoms with Gasteiger partial charge in [-0.2, -0.15) is 10.4 Å². The Morgan fingerprint density at radius 2 is 2.35 bits per heavy atom. The fourth-order valence-electron chi connectivity index (χ4n) is 2.39. The number of ether oxygens (including phenoxy) is 1. The summed E-state index contributed by atoms with van der Waals surface area (Å²) < 4.78 is 20.2. The van der Waals surface area contributed by atoms with Crippen molar-refractivity contribution in [1.82, 2.24) is 9.78 Å². The standard InChI is InChI=1S/C14H13FN4O/c15-9-3-1-4-10(7-9)19-14(17)11(8-16)13(18-19)12-5-2-6-20-12/h1,3-4,7,12H,2,5-6,17H2/t12-/m1/s1. The average Bonchev–Trinajstić information content (AvgIpc) is 3.05. The molecule has 0 unspecified atom stereocenters. The van der Waals surface area contributed by atoms with Crippen molar-refractivity contribution in [2.75, 3.05) is 12.3 Å². The number of benzene rings is 1. The molecule has 5 nitrogen and oxygen atoms in total. The van der Waals surface area contributed by atoms with Crippen LogP contribution in [0.4, 0.5) is 10.2 Å². The molecule has 0 amide bonds. The molecule has 1 saturated heterocycles. The van der Waals surface area contributed by atoms with Crippen LogP contribution in [-0.2, 0) is 4.74 Å². The van der Waals surface area contributed by atoms with Crippen molar-refractivity contribution in [2.24, 2.45) is 0 Å². The van der Waals surface area contributed by atoms with Gasteiger partial charge in [-0.25, -0.2) is 9.07 Å². The number of anilines is 1. The minimum atomic E-state index is -0.380. The van der Waals surface area contributed by atoms with Crippen LogP contribution in [0.2, 0.25) is 0 Å². The van der Waals surface area contributed by atoms with Crippen LogP contribution < -0.4 is 5.73 Å². The van der Waals surface area contributed by atoms with Gasteiger partial charge in [0, 0.05) is 6.61 Å². The van der Waals surface area contributed by atoms with Crippen molar-refractivity contribution in [3.8, 4) is 11.8 Å². The molecular weight excluding hydrogens is 259 g/mol. The molecule has 1 aromatic heterocycles. The molecule has 2 heterocycles. The average molecular weight is 272 g/mol. The van der Waals surface area contributed by atoms with E-state index >= 15 is 0 Å². The molecule has 102 valence electrons. The Morgan fingerprint density at radius 1 is 1.50 bits per heavy atom. The Morgan fingerprint density at radius 3 is 3.00 bits per heavy atom. The van der Waals surface area contributed by atoms with Gasteiger partial charge in [0.05, 0.1) is 5.69 Å². The normalized spacial score (nSPS) is 18.1. The maximum Gasteiger partial charge on any atom is 0.145 e. The lowest BCUT2D eigenvalue weighted by molar-refractivity contribution is 0.108. The van der Waals surface area contributed by atoms with Crippen LogP contribution >= 0.6 is 0 Å². The Kier molecular flexibility index (Phi) is 3.12. The van der Waals surface area contributed by atoms with E-state index in [1.54, 1.807) is 12.1 Å². The Bertz CT molecular complexity index is 683. The van der Waals surface area contributed by atoms with Crippen molar-refractivity contribution < 1.29 is 9.13 Å². The monoisotopic (exact) mass is 272 g/mol. The van der Waals surface area contributed by atoms with Crippen LogP contribution in [0.25, 0.3) is 5.69 Å². The highest BCUT2D eigenvalue weighted by Gasteiger charge is 2.27. The molecule has 0 spiro atoms. The number of aromatic nitrogens is 2. The number of halogens is 1. The van der Waals surface area contributed by atoms with E-state index in [2.05, 4.69) is 11.2 Å². The van der Waals surface area contributed by atoms with E-state index in [9.17, 15) is 9.65 Å². The summed E-state index contributed by atoms with van der Waals surface area (Å²) in [6.07, 6.45) is 1.54. The third-order valence-electron chi connectivity index (χ3n) is 3.35. The molecule has 2 N–H and O–H groups in total. The van der Waals surface area contributed by atoms with Gasteiger partial charge in [0.1, 0.15) is 35.1 Å². The van der Waals surface area contributed by atoms with E-state index in [1.807, 2.05) is 0 Å². The second-order valence-electron chi connectivity index (χ2n) is 4.65. The van der Waals surface area contributed by atoms with Crippen LogP contribution in [0.5, 0.6) is 0 Å². The van der Waals surface area contributed by atoms with Crippen molar-refractivity contribution >= 4 is 5.82 Å². The third kappa shape index (κ3) is 2.02. The van der Waals surface area contributed by atoms with E-state index < -0.39 is 0 Å². The second-order valence-corrected chi connectivity index (χ2v) is 4.65. The summed E-state index contributed by atoms with van der Waals surface area (Å²) in [5.74, 6) is -0.168. The van der Waals surface area contributed by atoms with Crippen molar-refractivity contribution in [3.63, 3.8) is 0 Å². The molecule has 1 atom stereocenters. The fourth-order valence-corrected chi connectivity index (χ4v) is 2.39. The molecule has 0 bridgehead atoms. The third-order valence-corrected chi connectivity index (χ3v) is 3.35. The SMILES string of the molecule is N#Cc1c([C@H]2CCCO2)nn(-c2cccc(F)c2)c1N. The van der Waals surface area contributed by atoms with Gasteiger partial charge in [0.25, 0.3) is 0 Å². The van der Waals surface area contributed by atoms with Crippen molar-refractivity contribution in [1.29, 1.82) is 5.26 Å². The molecule has 1 aromatic carbocycles. The molecule has 1 fully saturated rings. The zero-order chi connectivity index (χ0) is 14.1. The quantitative estimate of drug-likeness (QED) is 0.910. The summed E-state index contributed by atoms with van der Waals surface area (Å²) in [7, 11) is 0. The first-order valence-electron chi connectivity index (χ1n) is 6.36. The fraction of sp³-hybridized carbons (Fsp3) is 0.286. The largest absolute Gasteiger partial charge is 0.382 e. The molecule has 0 saturated carbocycles. The van der Waals surface area contributed by atoms with Gasteiger partial charge in [-0.05, 0) is 31.0 Å². The molecule has 3 rings (SSSR count). The highest BCUT2D eigenvalue weighted by molar-refractivity contribution is 5.56. The zero-order valence-corrected chi connectivity index (χ0v) is 10.7. The first-order valence-corrected chi connectivity index (χ1v) is 6.36. The molecule has 6 heteroatoms. The summed E-state index contributed by atoms with van der Waals surface area (Å²) in [5.41, 5.74) is 7.29. The van der Waals surface area contributed by atoms with Gasteiger partial charge in [-0.1, -0.05) is 6.07 Å². The van der Waals surface area contributed by atoms with E-state index in [-0.39, 0.29) is 17.7 Å². The smallest absolute Gasteiger partial charge is 0.145 e. The summed E-state index contributed by atoms with van der Waals surface area (Å²) in [6.45, 7) is 0.655. The molecular formula is C14H13FN4O. The van der Waals surface area contributed by atoms with Gasteiger partial charge >= 0.3 is 0 Å². The minimum absolute atomic E-state index is 0.207. The van der Waals surface area contributed by atoms with Gasteiger partial charge in [-0.3, -0.25) is 0 Å². The van der Waals surface area contributed by atoms with Gasteiger partial charge in [0.2, 0.25) is 0 Å². The maximum absolute atomic E-state index is 13.3. The molecule has 2 aromatic rings. The van der Waals surface area contributed by atoms with E-state index in [0.29, 0.717) is 23.6 Å². The first kappa shape index (κ1) is 12.6. The van der Waals surface area contributed by atoms with Crippen LogP contribution in [-0.4, -0.2) is 16.4 Å². The highest BCUT2D eigenvalue weighted by Crippen LogP contribution is 2.33. The van der Waals surface area contributed by atoms with Crippen LogP contribution in [0.15, 0.2) is 24.3 Å². The Hall–Kier alpha value is -2.39. The number of rotatable bonds is 2. The predicted octanol–water partition coefficient (Wildman–Crippen LogP) is 2.32. The molecule has 0 radical (unpaired) electrons. The van der Waals surface area contributed by atoms with E-state index in [0.717, 1.165) is 12.8 Å². The summed E-state index contributed by atoms with van der Waals surface area (Å²) in [5, 5.41) is 13.6. The predicted molar refractivity (Wildman–Crippen MR) is 70.6 cm³/mol. The Balaban J connectivity index is 2.11. The second kappa shape index (κ2) is 4.94. The number of nitrogen functional groups attached to an aromatic ring is 1. The molecule has 1 aliphatic heterocycles. The van der Waals surface area contributed by atoms with E-state index in [4.69, 9.17) is 10.5 Å². The van der Waals surface area contributed by atoms with Crippen molar-refractivity contribution in [3.05, 3.63) is 41.3 Å². The van der Waals surface area contributed by atoms with Gasteiger partial charge in [0.15, 0.2) is 0 Å². The van der Waals surface area contributed by atoms with Crippen LogP contribution in [0.3, 0.4) is 0 Å². The van der Waals surface area contributed by atoms with E-state index in [1.165, 1.54) is 16.8 Å². The number of hydrogen-bond donors (Lipinski definition) is 1. The topological polar surface area (TPSA) is 76.9 Å². The maximum atomic E-state index is 13.3. The van der Waals surface area contributed by atoms with Gasteiger partial charge < -0.3 is 10.5 Å². The van der Waals surface area contributed by atoms with Crippen LogP contribution in [0, 0.1) is 17.1 Å². The molecule has 20 heavy (non-hydrogen) atoms. The molecule has 0 aliphatic carbocycles. The lowest BCUT2D eigenvalue weighted by atomic mass is 10.1. The number of nitriles is 1. The highest BCUT2D eigenvalue weighted by atomic mass is 19.1. The lowest BCUT2D eigenvalue weighted by Crippen LogP contribution is -2.03. The van der Waals surface area contributed by atoms with Crippen molar-refractivity contribution in [2.45, 2.75) is 18.9 Å². The number of nitrogens with two attached hydrogens (primary N) is 1. The number of hydrogen-bond acceptors (Lipinski definition) is 4. The van der Waals surface area contributed by atoms with Gasteiger partial charge in [-0.15, -0.1) is 0 Å². The lowest BCUT2D eigenvalue weighted by Gasteiger charge is -2.05. The number of nitrogens with zero attached hydrogens (tertiary/aromatic N) is 3. The summed E-state index contributed by atoms with van der Waals surface area (Å²) in [4.78, 5) is 0.